The average molecular weight is 625 g/mol. The van der Waals surface area contributed by atoms with Gasteiger partial charge in [0.25, 0.3) is 5.91 Å². The molecule has 3 aromatic carbocycles. The molecule has 2 saturated heterocycles. The summed E-state index contributed by atoms with van der Waals surface area (Å²) in [5.74, 6) is -1.93. The van der Waals surface area contributed by atoms with Gasteiger partial charge in [-0.05, 0) is 36.2 Å². The van der Waals surface area contributed by atoms with Crippen molar-refractivity contribution in [3.05, 3.63) is 86.8 Å². The third-order valence-corrected chi connectivity index (χ3v) is 8.59. The van der Waals surface area contributed by atoms with Crippen LogP contribution in [0, 0.1) is 11.2 Å². The van der Waals surface area contributed by atoms with E-state index in [2.05, 4.69) is 5.32 Å². The predicted octanol–water partition coefficient (Wildman–Crippen LogP) is 5.68. The molecule has 43 heavy (non-hydrogen) atoms. The van der Waals surface area contributed by atoms with Crippen molar-refractivity contribution in [2.24, 2.45) is 0 Å². The second-order valence-corrected chi connectivity index (χ2v) is 11.4. The van der Waals surface area contributed by atoms with Crippen molar-refractivity contribution in [2.75, 3.05) is 31.9 Å². The van der Waals surface area contributed by atoms with Gasteiger partial charge in [-0.25, -0.2) is 9.18 Å². The predicted molar refractivity (Wildman–Crippen MR) is 162 cm³/mol. The number of carboxylic acids is 1. The van der Waals surface area contributed by atoms with Gasteiger partial charge in [0.2, 0.25) is 0 Å². The summed E-state index contributed by atoms with van der Waals surface area (Å²) in [6.45, 7) is 0.988. The van der Waals surface area contributed by atoms with E-state index in [1.165, 1.54) is 4.90 Å². The van der Waals surface area contributed by atoms with Gasteiger partial charge >= 0.3 is 5.97 Å². The Balaban J connectivity index is 1.32. The summed E-state index contributed by atoms with van der Waals surface area (Å²) < 4.78 is 27.1. The number of nitrogens with zero attached hydrogens (tertiary/aromatic N) is 2. The summed E-state index contributed by atoms with van der Waals surface area (Å²) in [4.78, 5) is 29.1. The molecule has 2 atom stereocenters. The van der Waals surface area contributed by atoms with Crippen molar-refractivity contribution in [1.29, 1.82) is 5.41 Å². The number of halogens is 3. The number of rotatable bonds is 7. The number of carboxylic acid groups (broad SMARTS) is 1. The van der Waals surface area contributed by atoms with Gasteiger partial charge in [0.05, 0.1) is 58.7 Å². The second-order valence-electron chi connectivity index (χ2n) is 10.6. The van der Waals surface area contributed by atoms with Crippen molar-refractivity contribution < 1.29 is 28.6 Å². The summed E-state index contributed by atoms with van der Waals surface area (Å²) in [6.07, 6.45) is 3.67. The first kappa shape index (κ1) is 29.0. The van der Waals surface area contributed by atoms with Gasteiger partial charge in [-0.1, -0.05) is 41.4 Å². The number of morpholine rings is 1. The number of benzene rings is 3. The van der Waals surface area contributed by atoms with E-state index in [1.807, 2.05) is 4.90 Å². The van der Waals surface area contributed by atoms with Crippen LogP contribution in [0.1, 0.15) is 38.3 Å². The highest BCUT2D eigenvalue weighted by Crippen LogP contribution is 2.44. The van der Waals surface area contributed by atoms with Gasteiger partial charge in [-0.15, -0.1) is 0 Å². The van der Waals surface area contributed by atoms with E-state index >= 15 is 4.39 Å². The summed E-state index contributed by atoms with van der Waals surface area (Å²) >= 11 is 13.0. The molecule has 2 unspecified atom stereocenters. The fourth-order valence-corrected chi connectivity index (χ4v) is 6.62. The number of hydrogen-bond donors (Lipinski definition) is 3. The van der Waals surface area contributed by atoms with Crippen molar-refractivity contribution in [3.8, 4) is 16.9 Å². The number of carbonyl (C=O) groups excluding carboxylic acids is 1. The quantitative estimate of drug-likeness (QED) is 0.290. The largest absolute Gasteiger partial charge is 0.478 e. The lowest BCUT2D eigenvalue weighted by molar-refractivity contribution is 0.0101. The minimum Gasteiger partial charge on any atom is -0.478 e. The highest BCUT2D eigenvalue weighted by molar-refractivity contribution is 6.40. The molecule has 222 valence electrons. The molecule has 3 aliphatic heterocycles. The zero-order valence-electron chi connectivity index (χ0n) is 23.0. The number of carbonyl (C=O) groups is 2. The normalized spacial score (nSPS) is 19.2. The third kappa shape index (κ3) is 5.09. The minimum absolute atomic E-state index is 0.0411. The van der Waals surface area contributed by atoms with E-state index in [1.54, 1.807) is 49.6 Å². The van der Waals surface area contributed by atoms with Crippen molar-refractivity contribution >= 4 is 52.6 Å². The van der Waals surface area contributed by atoms with Gasteiger partial charge in [0.1, 0.15) is 11.6 Å². The van der Waals surface area contributed by atoms with Gasteiger partial charge in [-0.2, -0.15) is 0 Å². The molecule has 0 saturated carbocycles. The molecule has 1 amide bonds. The Morgan fingerprint density at radius 1 is 1.12 bits per heavy atom. The van der Waals surface area contributed by atoms with Gasteiger partial charge in [0.15, 0.2) is 6.73 Å². The fraction of sp³-hybridized carbons (Fsp3) is 0.258. The van der Waals surface area contributed by atoms with Gasteiger partial charge in [-0.3, -0.25) is 4.79 Å². The average Bonchev–Trinajstić information content (AvgIpc) is 2.99. The molecular weight excluding hydrogens is 598 g/mol. The van der Waals surface area contributed by atoms with E-state index in [0.717, 1.165) is 18.7 Å². The van der Waals surface area contributed by atoms with Crippen LogP contribution in [0.3, 0.4) is 0 Å². The van der Waals surface area contributed by atoms with E-state index in [0.29, 0.717) is 46.9 Å². The summed E-state index contributed by atoms with van der Waals surface area (Å²) in [5.41, 5.74) is 2.86. The topological polar surface area (TPSA) is 115 Å². The molecular formula is C31H27Cl2FN4O5. The number of ether oxygens (including phenoxy) is 2. The maximum Gasteiger partial charge on any atom is 0.337 e. The molecule has 0 aliphatic carbocycles. The first-order valence-corrected chi connectivity index (χ1v) is 14.3. The number of allylic oxidation sites excluding steroid dienone is 1. The molecule has 12 heteroatoms. The van der Waals surface area contributed by atoms with Crippen molar-refractivity contribution in [1.82, 2.24) is 10.2 Å². The van der Waals surface area contributed by atoms with Crippen LogP contribution in [0.25, 0.3) is 16.7 Å². The Labute approximate surface area is 256 Å². The monoisotopic (exact) mass is 624 g/mol. The van der Waals surface area contributed by atoms with Crippen LogP contribution in [0.5, 0.6) is 5.75 Å². The molecule has 0 spiro atoms. The van der Waals surface area contributed by atoms with Gasteiger partial charge in [0, 0.05) is 41.7 Å². The maximum atomic E-state index is 15.5. The molecule has 3 aromatic rings. The fourth-order valence-electron chi connectivity index (χ4n) is 5.97. The Morgan fingerprint density at radius 3 is 2.47 bits per heavy atom. The lowest BCUT2D eigenvalue weighted by Gasteiger charge is -2.54. The van der Waals surface area contributed by atoms with Crippen LogP contribution in [0.2, 0.25) is 10.0 Å². The van der Waals surface area contributed by atoms with E-state index in [9.17, 15) is 14.7 Å². The number of amides is 1. The Bertz CT molecular complexity index is 1660. The molecule has 0 radical (unpaired) electrons. The summed E-state index contributed by atoms with van der Waals surface area (Å²) in [7, 11) is 1.70. The number of anilines is 1. The number of para-hydroxylation sites is 1. The van der Waals surface area contributed by atoms with Crippen LogP contribution in [-0.2, 0) is 11.3 Å². The summed E-state index contributed by atoms with van der Waals surface area (Å²) in [5, 5.41) is 20.6. The minimum atomic E-state index is -1.20. The standard InChI is InChI=1S/C31H27Cl2FN4O5/c1-36-11-18(10-35)17-5-24(32)28(25(33)6-17)30(39)37-12-16-3-2-4-21(29(16)43-15-37)22-9-27(23(31(40)41)8-26(22)34)38-19-7-20(38)14-42-13-19/h2-6,8-11,19-20,35-36H,7,12-15H2,1H3,(H,40,41)/b18-11+,35-10?. The Kier molecular flexibility index (Phi) is 7.76. The first-order valence-electron chi connectivity index (χ1n) is 13.6. The zero-order chi connectivity index (χ0) is 30.4. The molecule has 2 fully saturated rings. The van der Waals surface area contributed by atoms with Crippen LogP contribution >= 0.6 is 23.2 Å². The first-order chi connectivity index (χ1) is 20.7. The molecule has 9 nitrogen and oxygen atoms in total. The lowest BCUT2D eigenvalue weighted by Crippen LogP contribution is -2.64. The van der Waals surface area contributed by atoms with Crippen LogP contribution in [0.4, 0.5) is 10.1 Å². The molecule has 2 bridgehead atoms. The molecule has 3 aliphatic rings. The van der Waals surface area contributed by atoms with Crippen molar-refractivity contribution in [3.63, 3.8) is 0 Å². The number of fused-ring (bicyclic) bond motifs is 3. The summed E-state index contributed by atoms with van der Waals surface area (Å²) in [6, 6.07) is 11.1. The molecule has 3 heterocycles. The highest BCUT2D eigenvalue weighted by Gasteiger charge is 2.44. The Morgan fingerprint density at radius 2 is 1.84 bits per heavy atom. The van der Waals surface area contributed by atoms with E-state index in [-0.39, 0.29) is 52.1 Å². The number of aromatic carboxylic acids is 1. The van der Waals surface area contributed by atoms with Crippen molar-refractivity contribution in [2.45, 2.75) is 25.0 Å². The van der Waals surface area contributed by atoms with Crippen LogP contribution in [-0.4, -0.2) is 67.2 Å². The number of nitrogens with one attached hydrogen (secondary N) is 2. The smallest absolute Gasteiger partial charge is 0.337 e. The third-order valence-electron chi connectivity index (χ3n) is 7.99. The maximum absolute atomic E-state index is 15.5. The van der Waals surface area contributed by atoms with E-state index < -0.39 is 17.7 Å². The molecule has 3 N–H and O–H groups in total. The SMILES string of the molecule is CN/C=C(\C=N)c1cc(Cl)c(C(=O)N2COc3c(cccc3-c3cc(N4C5COCC4C5)c(C(=O)O)cc3F)C2)c(Cl)c1. The van der Waals surface area contributed by atoms with Crippen LogP contribution in [0.15, 0.2) is 48.7 Å². The van der Waals surface area contributed by atoms with E-state index in [4.69, 9.17) is 38.1 Å². The molecule has 6 rings (SSSR count). The Hall–Kier alpha value is -4.12. The highest BCUT2D eigenvalue weighted by atomic mass is 35.5. The zero-order valence-corrected chi connectivity index (χ0v) is 24.5. The second kappa shape index (κ2) is 11.5. The van der Waals surface area contributed by atoms with Gasteiger partial charge < -0.3 is 35.1 Å². The number of hydrogen-bond acceptors (Lipinski definition) is 7. The lowest BCUT2D eigenvalue weighted by atomic mass is 9.88. The molecule has 0 aromatic heterocycles. The van der Waals surface area contributed by atoms with Crippen LogP contribution < -0.4 is 15.0 Å².